The van der Waals surface area contributed by atoms with E-state index in [9.17, 15) is 9.59 Å². The highest BCUT2D eigenvalue weighted by molar-refractivity contribution is 14.1. The molecule has 0 spiro atoms. The Labute approximate surface area is 113 Å². The smallest absolute Gasteiger partial charge is 0.172 e. The van der Waals surface area contributed by atoms with Crippen molar-refractivity contribution in [2.75, 3.05) is 0 Å². The van der Waals surface area contributed by atoms with Gasteiger partial charge in [0, 0.05) is 14.7 Å². The van der Waals surface area contributed by atoms with E-state index in [0.29, 0.717) is 11.1 Å². The second-order valence-corrected chi connectivity index (χ2v) is 5.46. The fourth-order valence-corrected chi connectivity index (χ4v) is 3.32. The first-order chi connectivity index (χ1) is 8.20. The summed E-state index contributed by atoms with van der Waals surface area (Å²) in [4.78, 5) is 24.7. The van der Waals surface area contributed by atoms with Crippen molar-refractivity contribution in [1.29, 1.82) is 0 Å². The fraction of sp³-hybridized carbons (Fsp3) is 0.143. The average molecular weight is 336 g/mol. The molecule has 2 unspecified atom stereocenters. The maximum Gasteiger partial charge on any atom is 0.172 e. The predicted molar refractivity (Wildman–Crippen MR) is 73.3 cm³/mol. The van der Waals surface area contributed by atoms with Gasteiger partial charge in [-0.3, -0.25) is 9.59 Å². The number of ketones is 2. The summed E-state index contributed by atoms with van der Waals surface area (Å²) in [5.41, 5.74) is 1.13. The van der Waals surface area contributed by atoms with Crippen molar-refractivity contribution >= 4 is 34.2 Å². The van der Waals surface area contributed by atoms with Crippen LogP contribution in [-0.4, -0.2) is 11.6 Å². The van der Waals surface area contributed by atoms with Gasteiger partial charge in [-0.05, 0) is 22.6 Å². The van der Waals surface area contributed by atoms with E-state index in [1.54, 1.807) is 24.3 Å². The highest BCUT2D eigenvalue weighted by Gasteiger charge is 2.41. The summed E-state index contributed by atoms with van der Waals surface area (Å²) in [5, 5.41) is 0. The zero-order valence-electron chi connectivity index (χ0n) is 8.89. The van der Waals surface area contributed by atoms with Crippen LogP contribution in [0.3, 0.4) is 0 Å². The Morgan fingerprint density at radius 1 is 1.00 bits per heavy atom. The number of allylic oxidation sites excluding steroid dienone is 4. The highest BCUT2D eigenvalue weighted by Crippen LogP contribution is 2.39. The van der Waals surface area contributed by atoms with Crippen LogP contribution in [0.25, 0.3) is 0 Å². The number of carbonyl (C=O) groups excluding carboxylic acids is 2. The van der Waals surface area contributed by atoms with E-state index < -0.39 is 0 Å². The van der Waals surface area contributed by atoms with Gasteiger partial charge < -0.3 is 0 Å². The van der Waals surface area contributed by atoms with Gasteiger partial charge in [-0.15, -0.1) is 0 Å². The molecular formula is C14H9IO2. The van der Waals surface area contributed by atoms with Crippen molar-refractivity contribution in [1.82, 2.24) is 0 Å². The van der Waals surface area contributed by atoms with Crippen LogP contribution >= 0.6 is 22.6 Å². The number of fused-ring (bicyclic) bond motifs is 2. The lowest BCUT2D eigenvalue weighted by atomic mass is 9.72. The normalized spacial score (nSPS) is 26.3. The molecule has 1 aromatic carbocycles. The van der Waals surface area contributed by atoms with Crippen molar-refractivity contribution in [3.05, 3.63) is 57.2 Å². The van der Waals surface area contributed by atoms with E-state index in [0.717, 1.165) is 3.58 Å². The molecule has 3 heteroatoms. The molecule has 0 amide bonds. The minimum Gasteiger partial charge on any atom is -0.293 e. The molecule has 0 saturated carbocycles. The van der Waals surface area contributed by atoms with Gasteiger partial charge in [0.05, 0.1) is 11.8 Å². The third kappa shape index (κ3) is 1.52. The van der Waals surface area contributed by atoms with Crippen LogP contribution in [0, 0.1) is 11.8 Å². The Balaban J connectivity index is 2.22. The molecule has 84 valence electrons. The zero-order chi connectivity index (χ0) is 12.0. The monoisotopic (exact) mass is 336 g/mol. The molecule has 0 fully saturated rings. The lowest BCUT2D eigenvalue weighted by Crippen LogP contribution is -2.36. The predicted octanol–water partition coefficient (Wildman–Crippen LogP) is 3.19. The van der Waals surface area contributed by atoms with Crippen LogP contribution in [0.1, 0.15) is 20.7 Å². The van der Waals surface area contributed by atoms with Crippen LogP contribution in [-0.2, 0) is 0 Å². The quantitative estimate of drug-likeness (QED) is 0.682. The van der Waals surface area contributed by atoms with Gasteiger partial charge in [-0.2, -0.15) is 0 Å². The first-order valence-electron chi connectivity index (χ1n) is 5.41. The standard InChI is InChI=1S/C14H9IO2/c15-11-7-3-6-10-12(11)14(17)9-5-2-1-4-8(9)13(10)16/h1-7,10,12H. The molecule has 2 nitrogen and oxygen atoms in total. The first-order valence-corrected chi connectivity index (χ1v) is 6.49. The van der Waals surface area contributed by atoms with Gasteiger partial charge in [-0.1, -0.05) is 42.5 Å². The van der Waals surface area contributed by atoms with Gasteiger partial charge in [-0.25, -0.2) is 0 Å². The molecule has 17 heavy (non-hydrogen) atoms. The van der Waals surface area contributed by atoms with E-state index in [4.69, 9.17) is 0 Å². The summed E-state index contributed by atoms with van der Waals surface area (Å²) in [5.74, 6) is -0.490. The number of Topliss-reactive ketones (excluding diaryl/α,β-unsaturated/α-hetero) is 2. The molecule has 0 aromatic heterocycles. The summed E-state index contributed by atoms with van der Waals surface area (Å²) >= 11 is 2.15. The van der Waals surface area contributed by atoms with Gasteiger partial charge in [0.15, 0.2) is 11.6 Å². The van der Waals surface area contributed by atoms with Crippen LogP contribution in [0.5, 0.6) is 0 Å². The van der Waals surface area contributed by atoms with Gasteiger partial charge in [0.2, 0.25) is 0 Å². The number of rotatable bonds is 0. The van der Waals surface area contributed by atoms with Crippen LogP contribution < -0.4 is 0 Å². The Bertz CT molecular complexity index is 584. The number of hydrogen-bond acceptors (Lipinski definition) is 2. The molecule has 0 bridgehead atoms. The molecule has 0 saturated heterocycles. The van der Waals surface area contributed by atoms with Gasteiger partial charge in [0.25, 0.3) is 0 Å². The number of halogens is 1. The van der Waals surface area contributed by atoms with Crippen molar-refractivity contribution in [2.24, 2.45) is 11.8 Å². The summed E-state index contributed by atoms with van der Waals surface area (Å²) in [6, 6.07) is 7.09. The summed E-state index contributed by atoms with van der Waals surface area (Å²) in [6.45, 7) is 0. The van der Waals surface area contributed by atoms with E-state index >= 15 is 0 Å². The molecule has 1 aromatic rings. The topological polar surface area (TPSA) is 34.1 Å². The number of hydrogen-bond donors (Lipinski definition) is 0. The Kier molecular flexibility index (Phi) is 2.50. The fourth-order valence-electron chi connectivity index (χ4n) is 2.44. The Morgan fingerprint density at radius 2 is 1.65 bits per heavy atom. The zero-order valence-corrected chi connectivity index (χ0v) is 11.0. The molecule has 0 heterocycles. The number of benzene rings is 1. The van der Waals surface area contributed by atoms with Crippen molar-refractivity contribution < 1.29 is 9.59 Å². The highest BCUT2D eigenvalue weighted by atomic mass is 127. The summed E-state index contributed by atoms with van der Waals surface area (Å²) < 4.78 is 0.947. The molecule has 3 rings (SSSR count). The minimum atomic E-state index is -0.311. The molecule has 2 aliphatic carbocycles. The second-order valence-electron chi connectivity index (χ2n) is 4.21. The molecular weight excluding hydrogens is 327 g/mol. The van der Waals surface area contributed by atoms with Crippen molar-refractivity contribution in [3.63, 3.8) is 0 Å². The van der Waals surface area contributed by atoms with Crippen LogP contribution in [0.15, 0.2) is 46.1 Å². The molecule has 0 aliphatic heterocycles. The van der Waals surface area contributed by atoms with E-state index in [2.05, 4.69) is 22.6 Å². The van der Waals surface area contributed by atoms with Gasteiger partial charge in [0.1, 0.15) is 0 Å². The van der Waals surface area contributed by atoms with E-state index in [1.807, 2.05) is 18.2 Å². The van der Waals surface area contributed by atoms with Crippen LogP contribution in [0.2, 0.25) is 0 Å². The third-order valence-corrected chi connectivity index (χ3v) is 4.30. The Morgan fingerprint density at radius 3 is 2.35 bits per heavy atom. The maximum absolute atomic E-state index is 12.4. The summed E-state index contributed by atoms with van der Waals surface area (Å²) in [7, 11) is 0. The van der Waals surface area contributed by atoms with Crippen LogP contribution in [0.4, 0.5) is 0 Å². The summed E-state index contributed by atoms with van der Waals surface area (Å²) in [6.07, 6.45) is 5.60. The second kappa shape index (κ2) is 3.91. The molecule has 2 aliphatic rings. The SMILES string of the molecule is O=C1c2ccccc2C(=O)C2C(I)=CC=CC12. The van der Waals surface area contributed by atoms with Crippen molar-refractivity contribution in [3.8, 4) is 0 Å². The van der Waals surface area contributed by atoms with Crippen molar-refractivity contribution in [2.45, 2.75) is 0 Å². The Hall–Kier alpha value is -1.23. The lowest BCUT2D eigenvalue weighted by Gasteiger charge is -2.30. The van der Waals surface area contributed by atoms with Gasteiger partial charge >= 0.3 is 0 Å². The molecule has 2 atom stereocenters. The average Bonchev–Trinajstić information content (AvgIpc) is 2.36. The maximum atomic E-state index is 12.4. The largest absolute Gasteiger partial charge is 0.293 e. The molecule has 0 radical (unpaired) electrons. The third-order valence-electron chi connectivity index (χ3n) is 3.27. The first kappa shape index (κ1) is 10.9. The molecule has 0 N–H and O–H groups in total. The van der Waals surface area contributed by atoms with E-state index in [1.165, 1.54) is 0 Å². The lowest BCUT2D eigenvalue weighted by molar-refractivity contribution is 0.0800. The minimum absolute atomic E-state index is 0.0590. The number of carbonyl (C=O) groups is 2. The van der Waals surface area contributed by atoms with E-state index in [-0.39, 0.29) is 23.4 Å².